The van der Waals surface area contributed by atoms with Gasteiger partial charge in [0, 0.05) is 62.7 Å². The number of halogens is 1. The minimum absolute atomic E-state index is 0.0503. The van der Waals surface area contributed by atoms with E-state index in [9.17, 15) is 4.79 Å². The average Bonchev–Trinajstić information content (AvgIpc) is 3.26. The Morgan fingerprint density at radius 2 is 1.83 bits per heavy atom. The Kier molecular flexibility index (Phi) is 7.37. The summed E-state index contributed by atoms with van der Waals surface area (Å²) in [7, 11) is 0. The number of piperazine rings is 1. The third-order valence-corrected chi connectivity index (χ3v) is 9.95. The minimum Gasteiger partial charge on any atom is -0.489 e. The van der Waals surface area contributed by atoms with Gasteiger partial charge in [-0.1, -0.05) is 45.4 Å². The smallest absolute Gasteiger partial charge is 0.275 e. The van der Waals surface area contributed by atoms with Crippen LogP contribution in [0.25, 0.3) is 4.85 Å². The monoisotopic (exact) mass is 577 g/mol. The molecule has 10 heteroatoms. The van der Waals surface area contributed by atoms with Crippen molar-refractivity contribution < 1.29 is 9.53 Å². The van der Waals surface area contributed by atoms with Crippen molar-refractivity contribution in [3.05, 3.63) is 52.2 Å². The van der Waals surface area contributed by atoms with Gasteiger partial charge in [0.2, 0.25) is 5.69 Å². The number of carbonyl (C=O) groups is 1. The number of aromatic nitrogens is 2. The molecule has 3 fully saturated rings. The van der Waals surface area contributed by atoms with Crippen LogP contribution in [0.1, 0.15) is 56.7 Å². The fourth-order valence-corrected chi connectivity index (χ4v) is 8.26. The number of ether oxygens (including phenoxy) is 1. The maximum atomic E-state index is 13.6. The van der Waals surface area contributed by atoms with Crippen LogP contribution in [0, 0.1) is 23.3 Å². The van der Waals surface area contributed by atoms with Crippen molar-refractivity contribution in [1.29, 1.82) is 0 Å². The molecule has 0 spiro atoms. The van der Waals surface area contributed by atoms with Crippen LogP contribution in [0.15, 0.2) is 24.4 Å². The summed E-state index contributed by atoms with van der Waals surface area (Å²) in [5.41, 5.74) is 1.01. The average molecular weight is 578 g/mol. The van der Waals surface area contributed by atoms with Crippen LogP contribution in [0.4, 0.5) is 11.5 Å². The second kappa shape index (κ2) is 10.7. The molecule has 0 radical (unpaired) electrons. The van der Waals surface area contributed by atoms with Crippen molar-refractivity contribution in [1.82, 2.24) is 25.1 Å². The lowest BCUT2D eigenvalue weighted by Gasteiger charge is -2.65. The summed E-state index contributed by atoms with van der Waals surface area (Å²) in [5.74, 6) is 2.19. The molecule has 1 N–H and O–H groups in total. The van der Waals surface area contributed by atoms with Gasteiger partial charge in [-0.05, 0) is 30.9 Å². The highest BCUT2D eigenvalue weighted by molar-refractivity contribution is 6.33. The lowest BCUT2D eigenvalue weighted by Crippen LogP contribution is -2.74. The first-order valence-corrected chi connectivity index (χ1v) is 15.2. The number of nitrogens with zero attached hydrogens (tertiary/aromatic N) is 6. The summed E-state index contributed by atoms with van der Waals surface area (Å²) in [6, 6.07) is 5.13. The van der Waals surface area contributed by atoms with Crippen LogP contribution in [-0.4, -0.2) is 83.6 Å². The summed E-state index contributed by atoms with van der Waals surface area (Å²) >= 11 is 6.27. The highest BCUT2D eigenvalue weighted by Crippen LogP contribution is 2.59. The van der Waals surface area contributed by atoms with Crippen LogP contribution in [0.3, 0.4) is 0 Å². The molecule has 0 unspecified atom stereocenters. The molecular formula is C31H40ClN7O2. The summed E-state index contributed by atoms with van der Waals surface area (Å²) in [6.07, 6.45) is 3.96. The van der Waals surface area contributed by atoms with E-state index in [1.54, 1.807) is 24.4 Å². The summed E-state index contributed by atoms with van der Waals surface area (Å²) in [5, 5.41) is 3.82. The van der Waals surface area contributed by atoms with Gasteiger partial charge in [0.05, 0.1) is 30.0 Å². The van der Waals surface area contributed by atoms with Crippen molar-refractivity contribution in [2.75, 3.05) is 50.7 Å². The van der Waals surface area contributed by atoms with Crippen molar-refractivity contribution >= 4 is 29.0 Å². The molecule has 1 aromatic carbocycles. The van der Waals surface area contributed by atoms with Crippen molar-refractivity contribution in [2.24, 2.45) is 16.7 Å². The molecule has 1 saturated carbocycles. The van der Waals surface area contributed by atoms with Gasteiger partial charge in [-0.3, -0.25) is 4.79 Å². The summed E-state index contributed by atoms with van der Waals surface area (Å²) in [6.45, 7) is 23.9. The molecule has 1 aromatic heterocycles. The van der Waals surface area contributed by atoms with E-state index in [0.717, 1.165) is 69.5 Å². The Balaban J connectivity index is 1.11. The molecule has 4 heterocycles. The third kappa shape index (κ3) is 5.04. The Bertz CT molecular complexity index is 1340. The van der Waals surface area contributed by atoms with E-state index in [4.69, 9.17) is 27.9 Å². The highest BCUT2D eigenvalue weighted by atomic mass is 35.5. The number of hydrogen-bond donors (Lipinski definition) is 1. The minimum atomic E-state index is -0.318. The number of hydrogen-bond acceptors (Lipinski definition) is 7. The second-order valence-electron chi connectivity index (χ2n) is 13.2. The molecule has 1 amide bonds. The lowest BCUT2D eigenvalue weighted by molar-refractivity contribution is -0.199. The molecule has 41 heavy (non-hydrogen) atoms. The van der Waals surface area contributed by atoms with Crippen LogP contribution >= 0.6 is 11.6 Å². The van der Waals surface area contributed by atoms with Gasteiger partial charge in [0.15, 0.2) is 5.69 Å². The Morgan fingerprint density at radius 1 is 1.12 bits per heavy atom. The summed E-state index contributed by atoms with van der Waals surface area (Å²) < 4.78 is 6.45. The van der Waals surface area contributed by atoms with Crippen LogP contribution in [-0.2, 0) is 6.54 Å². The highest BCUT2D eigenvalue weighted by Gasteiger charge is 2.67. The van der Waals surface area contributed by atoms with Gasteiger partial charge in [0.1, 0.15) is 17.7 Å². The number of piperidine rings is 1. The Labute approximate surface area is 248 Å². The number of carbonyl (C=O) groups excluding carboxylic acids is 1. The van der Waals surface area contributed by atoms with Crippen molar-refractivity contribution in [3.63, 3.8) is 0 Å². The normalized spacial score (nSPS) is 25.9. The van der Waals surface area contributed by atoms with E-state index in [1.807, 2.05) is 4.90 Å². The number of nitrogens with one attached hydrogen (secondary N) is 1. The van der Waals surface area contributed by atoms with Gasteiger partial charge in [-0.15, -0.1) is 0 Å². The van der Waals surface area contributed by atoms with Crippen LogP contribution < -0.4 is 15.0 Å². The van der Waals surface area contributed by atoms with E-state index < -0.39 is 0 Å². The third-order valence-electron chi connectivity index (χ3n) is 9.65. The fourth-order valence-electron chi connectivity index (χ4n) is 8.04. The quantitative estimate of drug-likeness (QED) is 0.501. The Hall–Kier alpha value is -2.93. The first-order valence-electron chi connectivity index (χ1n) is 14.8. The maximum Gasteiger partial charge on any atom is 0.275 e. The standard InChI is InChI=1S/C31H40ClN7O2/c1-30(2)28(31(3,4)29(30)41-21-6-7-23(33-5)22(32)16-21)39-19-24-26(27(39)40)35-17-25(36-24)38-12-8-20(9-13-38)18-37-14-10-34-11-15-37/h6-7,16-17,20,28-29,34H,8-15,18-19H2,1-4H3. The number of fused-ring (bicyclic) bond motifs is 1. The molecule has 4 aliphatic rings. The van der Waals surface area contributed by atoms with Crippen molar-refractivity contribution in [3.8, 4) is 5.75 Å². The van der Waals surface area contributed by atoms with Gasteiger partial charge >= 0.3 is 0 Å². The lowest BCUT2D eigenvalue weighted by atomic mass is 9.49. The van der Waals surface area contributed by atoms with Crippen molar-refractivity contribution in [2.45, 2.75) is 59.2 Å². The molecule has 2 saturated heterocycles. The number of anilines is 1. The predicted octanol–water partition coefficient (Wildman–Crippen LogP) is 4.64. The Morgan fingerprint density at radius 3 is 2.49 bits per heavy atom. The first kappa shape index (κ1) is 28.2. The fraction of sp³-hybridized carbons (Fsp3) is 0.613. The number of benzene rings is 1. The molecule has 0 bridgehead atoms. The molecule has 6 rings (SSSR count). The zero-order valence-corrected chi connectivity index (χ0v) is 25.2. The number of amides is 1. The van der Waals surface area contributed by atoms with Gasteiger partial charge in [0.25, 0.3) is 5.91 Å². The van der Waals surface area contributed by atoms with E-state index in [0.29, 0.717) is 28.7 Å². The molecule has 3 aliphatic heterocycles. The van der Waals surface area contributed by atoms with E-state index >= 15 is 0 Å². The van der Waals surface area contributed by atoms with Gasteiger partial charge in [-0.25, -0.2) is 14.8 Å². The SMILES string of the molecule is [C-]#[N+]c1ccc(OC2C(C)(C)C(N3Cc4nc(N5CCC(CN6CCNCC6)CC5)cnc4C3=O)C2(C)C)cc1Cl. The van der Waals surface area contributed by atoms with E-state index in [2.05, 4.69) is 52.6 Å². The van der Waals surface area contributed by atoms with Gasteiger partial charge < -0.3 is 24.8 Å². The second-order valence-corrected chi connectivity index (χ2v) is 13.6. The molecule has 9 nitrogen and oxygen atoms in total. The molecule has 0 atom stereocenters. The topological polar surface area (TPSA) is 78.2 Å². The van der Waals surface area contributed by atoms with Crippen LogP contribution in [0.2, 0.25) is 5.02 Å². The largest absolute Gasteiger partial charge is 0.489 e. The predicted molar refractivity (Wildman–Crippen MR) is 160 cm³/mol. The zero-order chi connectivity index (χ0) is 28.9. The van der Waals surface area contributed by atoms with Gasteiger partial charge in [-0.2, -0.15) is 0 Å². The molecule has 1 aliphatic carbocycles. The van der Waals surface area contributed by atoms with Crippen LogP contribution in [0.5, 0.6) is 5.75 Å². The van der Waals surface area contributed by atoms with E-state index in [1.165, 1.54) is 6.54 Å². The van der Waals surface area contributed by atoms with E-state index in [-0.39, 0.29) is 28.9 Å². The molecular weight excluding hydrogens is 538 g/mol. The first-order chi connectivity index (χ1) is 19.6. The maximum absolute atomic E-state index is 13.6. The molecule has 2 aromatic rings. The summed E-state index contributed by atoms with van der Waals surface area (Å²) in [4.78, 5) is 33.6. The zero-order valence-electron chi connectivity index (χ0n) is 24.5. The molecule has 218 valence electrons. The number of rotatable bonds is 6.